The van der Waals surface area contributed by atoms with Gasteiger partial charge in [0.1, 0.15) is 6.61 Å². The topological polar surface area (TPSA) is 66.8 Å². The first-order valence-corrected chi connectivity index (χ1v) is 4.66. The zero-order valence-corrected chi connectivity index (χ0v) is 8.56. The molecule has 4 nitrogen and oxygen atoms in total. The standard InChI is InChI=1S/C11H14O4/c1-15-11-6-8(3-5-10(11)14)2-4-9(13)7-12/h3,5-6,12,14H,2,4,7H2,1H3. The van der Waals surface area contributed by atoms with E-state index in [4.69, 9.17) is 9.84 Å². The molecule has 1 aromatic carbocycles. The summed E-state index contributed by atoms with van der Waals surface area (Å²) in [5.41, 5.74) is 0.895. The van der Waals surface area contributed by atoms with Crippen LogP contribution in [-0.2, 0) is 11.2 Å². The molecule has 0 aliphatic rings. The number of phenols is 1. The maximum absolute atomic E-state index is 10.9. The normalized spacial score (nSPS) is 10.0. The van der Waals surface area contributed by atoms with Gasteiger partial charge in [0.15, 0.2) is 17.3 Å². The lowest BCUT2D eigenvalue weighted by molar-refractivity contribution is -0.121. The highest BCUT2D eigenvalue weighted by molar-refractivity contribution is 5.79. The van der Waals surface area contributed by atoms with Gasteiger partial charge in [0, 0.05) is 6.42 Å². The molecule has 0 radical (unpaired) electrons. The Morgan fingerprint density at radius 2 is 2.20 bits per heavy atom. The fourth-order valence-corrected chi connectivity index (χ4v) is 1.24. The van der Waals surface area contributed by atoms with Crippen molar-refractivity contribution in [2.24, 2.45) is 0 Å². The lowest BCUT2D eigenvalue weighted by Gasteiger charge is -2.05. The first-order valence-electron chi connectivity index (χ1n) is 4.66. The summed E-state index contributed by atoms with van der Waals surface area (Å²) in [7, 11) is 1.47. The number of phenolic OH excluding ortho intramolecular Hbond substituents is 1. The van der Waals surface area contributed by atoms with E-state index in [2.05, 4.69) is 0 Å². The van der Waals surface area contributed by atoms with Crippen molar-refractivity contribution in [1.82, 2.24) is 0 Å². The molecule has 0 atom stereocenters. The lowest BCUT2D eigenvalue weighted by atomic mass is 10.1. The number of aromatic hydroxyl groups is 1. The summed E-state index contributed by atoms with van der Waals surface area (Å²) < 4.78 is 4.93. The minimum Gasteiger partial charge on any atom is -0.504 e. The highest BCUT2D eigenvalue weighted by atomic mass is 16.5. The predicted molar refractivity (Wildman–Crippen MR) is 55.1 cm³/mol. The number of methoxy groups -OCH3 is 1. The van der Waals surface area contributed by atoms with E-state index in [-0.39, 0.29) is 11.5 Å². The molecule has 0 unspecified atom stereocenters. The molecule has 0 bridgehead atoms. The smallest absolute Gasteiger partial charge is 0.160 e. The molecule has 2 N–H and O–H groups in total. The SMILES string of the molecule is COc1cc(CCC(=O)CO)ccc1O. The van der Waals surface area contributed by atoms with Crippen LogP contribution in [0, 0.1) is 0 Å². The van der Waals surface area contributed by atoms with E-state index in [1.807, 2.05) is 0 Å². The molecule has 0 amide bonds. The van der Waals surface area contributed by atoms with E-state index < -0.39 is 6.61 Å². The minimum atomic E-state index is -0.421. The summed E-state index contributed by atoms with van der Waals surface area (Å²) >= 11 is 0. The number of rotatable bonds is 5. The van der Waals surface area contributed by atoms with Crippen molar-refractivity contribution in [3.8, 4) is 11.5 Å². The molecule has 0 aliphatic carbocycles. The van der Waals surface area contributed by atoms with Crippen LogP contribution >= 0.6 is 0 Å². The number of aryl methyl sites for hydroxylation is 1. The fourth-order valence-electron chi connectivity index (χ4n) is 1.24. The second-order valence-electron chi connectivity index (χ2n) is 3.20. The van der Waals surface area contributed by atoms with Crippen LogP contribution < -0.4 is 4.74 Å². The van der Waals surface area contributed by atoms with Crippen molar-refractivity contribution in [3.05, 3.63) is 23.8 Å². The van der Waals surface area contributed by atoms with Crippen molar-refractivity contribution >= 4 is 5.78 Å². The van der Waals surface area contributed by atoms with Crippen molar-refractivity contribution in [2.75, 3.05) is 13.7 Å². The molecule has 1 rings (SSSR count). The van der Waals surface area contributed by atoms with E-state index in [0.717, 1.165) is 5.56 Å². The molecule has 0 heterocycles. The molecule has 1 aromatic rings. The molecule has 15 heavy (non-hydrogen) atoms. The second-order valence-corrected chi connectivity index (χ2v) is 3.20. The summed E-state index contributed by atoms with van der Waals surface area (Å²) in [5, 5.41) is 17.9. The Morgan fingerprint density at radius 3 is 2.80 bits per heavy atom. The van der Waals surface area contributed by atoms with Crippen molar-refractivity contribution in [1.29, 1.82) is 0 Å². The highest BCUT2D eigenvalue weighted by Crippen LogP contribution is 2.26. The fraction of sp³-hybridized carbons (Fsp3) is 0.364. The number of aliphatic hydroxyl groups is 1. The molecule has 82 valence electrons. The Morgan fingerprint density at radius 1 is 1.47 bits per heavy atom. The molecule has 0 aromatic heterocycles. The zero-order valence-electron chi connectivity index (χ0n) is 8.56. The van der Waals surface area contributed by atoms with Gasteiger partial charge in [-0.3, -0.25) is 4.79 Å². The highest BCUT2D eigenvalue weighted by Gasteiger charge is 2.04. The molecule has 0 fully saturated rings. The van der Waals surface area contributed by atoms with Gasteiger partial charge in [-0.15, -0.1) is 0 Å². The van der Waals surface area contributed by atoms with Gasteiger partial charge in [0.25, 0.3) is 0 Å². The Balaban J connectivity index is 2.66. The molecule has 0 saturated carbocycles. The molecule has 0 spiro atoms. The van der Waals surface area contributed by atoms with Crippen LogP contribution in [0.2, 0.25) is 0 Å². The minimum absolute atomic E-state index is 0.0785. The van der Waals surface area contributed by atoms with Gasteiger partial charge < -0.3 is 14.9 Å². The van der Waals surface area contributed by atoms with Crippen molar-refractivity contribution in [3.63, 3.8) is 0 Å². The van der Waals surface area contributed by atoms with E-state index >= 15 is 0 Å². The number of hydrogen-bond acceptors (Lipinski definition) is 4. The molecule has 4 heteroatoms. The third kappa shape index (κ3) is 3.25. The molecular weight excluding hydrogens is 196 g/mol. The Hall–Kier alpha value is -1.55. The second kappa shape index (κ2) is 5.36. The van der Waals surface area contributed by atoms with Gasteiger partial charge in [0.2, 0.25) is 0 Å². The monoisotopic (exact) mass is 210 g/mol. The van der Waals surface area contributed by atoms with E-state index in [0.29, 0.717) is 18.6 Å². The molecule has 0 saturated heterocycles. The predicted octanol–water partition coefficient (Wildman–Crippen LogP) is 0.895. The number of ether oxygens (including phenoxy) is 1. The van der Waals surface area contributed by atoms with Gasteiger partial charge in [-0.1, -0.05) is 6.07 Å². The van der Waals surface area contributed by atoms with Gasteiger partial charge in [0.05, 0.1) is 7.11 Å². The summed E-state index contributed by atoms with van der Waals surface area (Å²) in [6.45, 7) is -0.421. The van der Waals surface area contributed by atoms with E-state index in [9.17, 15) is 9.90 Å². The first-order chi connectivity index (χ1) is 7.17. The number of hydrogen-bond donors (Lipinski definition) is 2. The van der Waals surface area contributed by atoms with Gasteiger partial charge >= 0.3 is 0 Å². The van der Waals surface area contributed by atoms with Gasteiger partial charge in [-0.25, -0.2) is 0 Å². The number of benzene rings is 1. The summed E-state index contributed by atoms with van der Waals surface area (Å²) in [6.07, 6.45) is 0.834. The lowest BCUT2D eigenvalue weighted by Crippen LogP contribution is -2.04. The largest absolute Gasteiger partial charge is 0.504 e. The summed E-state index contributed by atoms with van der Waals surface area (Å²) in [4.78, 5) is 10.9. The van der Waals surface area contributed by atoms with Gasteiger partial charge in [-0.05, 0) is 24.1 Å². The average Bonchev–Trinajstić information content (AvgIpc) is 2.27. The Labute approximate surface area is 88.1 Å². The van der Waals surface area contributed by atoms with Crippen LogP contribution in [0.15, 0.2) is 18.2 Å². The van der Waals surface area contributed by atoms with E-state index in [1.165, 1.54) is 13.2 Å². The average molecular weight is 210 g/mol. The first kappa shape index (κ1) is 11.5. The summed E-state index contributed by atoms with van der Waals surface area (Å²) in [5.74, 6) is 0.278. The van der Waals surface area contributed by atoms with Crippen LogP contribution in [0.4, 0.5) is 0 Å². The number of aliphatic hydroxyl groups excluding tert-OH is 1. The zero-order chi connectivity index (χ0) is 11.3. The number of ketones is 1. The quantitative estimate of drug-likeness (QED) is 0.757. The van der Waals surface area contributed by atoms with Gasteiger partial charge in [-0.2, -0.15) is 0 Å². The third-order valence-electron chi connectivity index (χ3n) is 2.11. The van der Waals surface area contributed by atoms with E-state index in [1.54, 1.807) is 12.1 Å². The number of carbonyl (C=O) groups excluding carboxylic acids is 1. The van der Waals surface area contributed by atoms with Crippen molar-refractivity contribution in [2.45, 2.75) is 12.8 Å². The maximum Gasteiger partial charge on any atom is 0.160 e. The van der Waals surface area contributed by atoms with Crippen LogP contribution in [0.5, 0.6) is 11.5 Å². The summed E-state index contributed by atoms with van der Waals surface area (Å²) in [6, 6.07) is 4.93. The number of Topliss-reactive ketones (excluding diaryl/α,β-unsaturated/α-hetero) is 1. The third-order valence-corrected chi connectivity index (χ3v) is 2.11. The van der Waals surface area contributed by atoms with Crippen LogP contribution in [0.25, 0.3) is 0 Å². The van der Waals surface area contributed by atoms with Crippen LogP contribution in [0.3, 0.4) is 0 Å². The Bertz CT molecular complexity index is 346. The van der Waals surface area contributed by atoms with Crippen LogP contribution in [0.1, 0.15) is 12.0 Å². The Kier molecular flexibility index (Phi) is 4.12. The maximum atomic E-state index is 10.9. The number of carbonyl (C=O) groups is 1. The molecule has 0 aliphatic heterocycles. The van der Waals surface area contributed by atoms with Crippen LogP contribution in [-0.4, -0.2) is 29.7 Å². The molecular formula is C11H14O4. The van der Waals surface area contributed by atoms with Crippen molar-refractivity contribution < 1.29 is 19.7 Å².